The van der Waals surface area contributed by atoms with E-state index in [0.717, 1.165) is 42.9 Å². The Kier molecular flexibility index (Phi) is 9.09. The molecule has 1 aromatic heterocycles. The van der Waals surface area contributed by atoms with Crippen LogP contribution in [0.15, 0.2) is 48.2 Å². The molecule has 12 heteroatoms. The second-order valence-electron chi connectivity index (χ2n) is 12.8. The number of esters is 1. The summed E-state index contributed by atoms with van der Waals surface area (Å²) < 4.78 is 86.6. The molecule has 1 aliphatic carbocycles. The number of ether oxygens (including phenoxy) is 3. The molecule has 250 valence electrons. The number of methoxy groups -OCH3 is 2. The number of carbonyl (C=O) groups excluding carboxylic acids is 2. The number of cyclic esters (lactones) is 1. The fourth-order valence-electron chi connectivity index (χ4n) is 6.40. The van der Waals surface area contributed by atoms with Crippen molar-refractivity contribution in [3.8, 4) is 17.0 Å². The fraction of sp³-hybridized carbons (Fsp3) is 0.400. The lowest BCUT2D eigenvalue weighted by atomic mass is 9.72. The van der Waals surface area contributed by atoms with E-state index in [9.17, 15) is 27.2 Å². The Labute approximate surface area is 269 Å². The van der Waals surface area contributed by atoms with E-state index in [1.54, 1.807) is 26.0 Å². The van der Waals surface area contributed by atoms with Crippen molar-refractivity contribution in [2.24, 2.45) is 5.41 Å². The van der Waals surface area contributed by atoms with Crippen LogP contribution in [-0.4, -0.2) is 48.8 Å². The molecule has 1 aliphatic heterocycles. The van der Waals surface area contributed by atoms with Crippen LogP contribution in [0.25, 0.3) is 16.8 Å². The Bertz CT molecular complexity index is 1770. The van der Waals surface area contributed by atoms with Gasteiger partial charge in [0.05, 0.1) is 43.3 Å². The molecule has 2 atom stereocenters. The lowest BCUT2D eigenvalue weighted by Crippen LogP contribution is -2.35. The predicted octanol–water partition coefficient (Wildman–Crippen LogP) is 8.69. The first-order chi connectivity index (χ1) is 22.0. The van der Waals surface area contributed by atoms with Crippen LogP contribution in [0.3, 0.4) is 0 Å². The first-order valence-electron chi connectivity index (χ1n) is 15.0. The predicted molar refractivity (Wildman–Crippen MR) is 164 cm³/mol. The van der Waals surface area contributed by atoms with Crippen molar-refractivity contribution in [1.29, 1.82) is 0 Å². The number of amides is 1. The van der Waals surface area contributed by atoms with Crippen LogP contribution >= 0.6 is 0 Å². The van der Waals surface area contributed by atoms with Gasteiger partial charge in [0.1, 0.15) is 11.9 Å². The van der Waals surface area contributed by atoms with Gasteiger partial charge in [-0.25, -0.2) is 18.4 Å². The zero-order valence-corrected chi connectivity index (χ0v) is 26.9. The minimum atomic E-state index is -4.56. The number of aryl methyl sites for hydroxylation is 1. The summed E-state index contributed by atoms with van der Waals surface area (Å²) in [6.45, 7) is 7.62. The summed E-state index contributed by atoms with van der Waals surface area (Å²) in [5.74, 6) is -3.27. The van der Waals surface area contributed by atoms with Crippen molar-refractivity contribution in [2.75, 3.05) is 20.8 Å². The molecule has 1 amide bonds. The van der Waals surface area contributed by atoms with Gasteiger partial charge in [-0.15, -0.1) is 0 Å². The number of hydrogen-bond donors (Lipinski definition) is 0. The van der Waals surface area contributed by atoms with E-state index in [0.29, 0.717) is 29.7 Å². The zero-order chi connectivity index (χ0) is 34.4. The number of halogens is 5. The first-order valence-corrected chi connectivity index (χ1v) is 15.0. The number of rotatable bonds is 7. The van der Waals surface area contributed by atoms with Crippen molar-refractivity contribution < 1.29 is 45.8 Å². The van der Waals surface area contributed by atoms with Gasteiger partial charge in [-0.1, -0.05) is 25.5 Å². The minimum Gasteiger partial charge on any atom is -0.495 e. The first kappa shape index (κ1) is 33.9. The number of pyridine rings is 1. The summed E-state index contributed by atoms with van der Waals surface area (Å²) in [5.41, 5.74) is 1.34. The number of alkyl halides is 3. The van der Waals surface area contributed by atoms with Gasteiger partial charge in [-0.2, -0.15) is 13.2 Å². The van der Waals surface area contributed by atoms with E-state index in [4.69, 9.17) is 9.47 Å². The fourth-order valence-corrected chi connectivity index (χ4v) is 6.40. The van der Waals surface area contributed by atoms with Crippen molar-refractivity contribution in [3.05, 3.63) is 87.6 Å². The van der Waals surface area contributed by atoms with Crippen LogP contribution < -0.4 is 4.74 Å². The molecule has 7 nitrogen and oxygen atoms in total. The second-order valence-corrected chi connectivity index (χ2v) is 12.8. The molecule has 5 rings (SSSR count). The molecule has 3 aromatic rings. The van der Waals surface area contributed by atoms with Gasteiger partial charge in [0, 0.05) is 17.7 Å². The highest BCUT2D eigenvalue weighted by atomic mass is 19.4. The van der Waals surface area contributed by atoms with Crippen LogP contribution in [0.1, 0.15) is 78.7 Å². The highest BCUT2D eigenvalue weighted by Crippen LogP contribution is 2.46. The van der Waals surface area contributed by atoms with E-state index >= 15 is 4.39 Å². The summed E-state index contributed by atoms with van der Waals surface area (Å²) >= 11 is 0. The second kappa shape index (κ2) is 12.6. The van der Waals surface area contributed by atoms with Gasteiger partial charge in [0.2, 0.25) is 0 Å². The third-order valence-electron chi connectivity index (χ3n) is 8.86. The van der Waals surface area contributed by atoms with Crippen LogP contribution in [-0.2, 0) is 15.7 Å². The highest BCUT2D eigenvalue weighted by molar-refractivity contribution is 5.90. The maximum Gasteiger partial charge on any atom is 0.416 e. The number of carbonyl (C=O) groups is 2. The minimum absolute atomic E-state index is 0.0965. The Morgan fingerprint density at radius 2 is 1.81 bits per heavy atom. The lowest BCUT2D eigenvalue weighted by molar-refractivity contribution is -0.137. The topological polar surface area (TPSA) is 78.0 Å². The molecular weight excluding hydrogens is 623 g/mol. The SMILES string of the molecule is COC(=O)c1ccc(-c2cc(C3=C(CN4C(=O)O[C@H](c5cc(C)cc(C(F)(F)F)c5)[C@@H]4C)CC(C)(C)CC3)c(OC)cn2)c(F)c1F. The normalized spacial score (nSPS) is 19.6. The highest BCUT2D eigenvalue weighted by Gasteiger charge is 2.42. The number of nitrogens with zero attached hydrogens (tertiary/aromatic N) is 2. The Balaban J connectivity index is 1.55. The van der Waals surface area contributed by atoms with Crippen LogP contribution in [0.5, 0.6) is 5.75 Å². The van der Waals surface area contributed by atoms with Crippen molar-refractivity contribution in [2.45, 2.75) is 65.3 Å². The molecule has 2 aromatic carbocycles. The summed E-state index contributed by atoms with van der Waals surface area (Å²) in [4.78, 5) is 30.9. The molecule has 0 unspecified atom stereocenters. The van der Waals surface area contributed by atoms with E-state index in [1.807, 2.05) is 0 Å². The average molecular weight is 659 g/mol. The number of allylic oxidation sites excluding steroid dienone is 1. The van der Waals surface area contributed by atoms with E-state index in [1.165, 1.54) is 24.3 Å². The monoisotopic (exact) mass is 658 g/mol. The standard InChI is InChI=1S/C35H35F5N2O5/c1-18-11-20(13-22(12-18)35(38,39)40)31-19(2)42(33(44)47-31)17-21-15-34(3,4)10-9-23(21)26-14-27(41-16-28(26)45-5)24-7-8-25(32(43)46-6)30(37)29(24)36/h7-8,11-14,16,19,31H,9-10,15,17H2,1-6H3/t19-,31-/m0/s1. The Hall–Kier alpha value is -4.48. The molecule has 0 saturated carbocycles. The van der Waals surface area contributed by atoms with E-state index < -0.39 is 53.1 Å². The number of benzene rings is 2. The van der Waals surface area contributed by atoms with Gasteiger partial charge in [0.25, 0.3) is 0 Å². The molecule has 2 heterocycles. The third kappa shape index (κ3) is 6.68. The molecule has 0 bridgehead atoms. The van der Waals surface area contributed by atoms with E-state index in [2.05, 4.69) is 23.6 Å². The van der Waals surface area contributed by atoms with Gasteiger partial charge < -0.3 is 14.2 Å². The molecule has 47 heavy (non-hydrogen) atoms. The molecule has 0 N–H and O–H groups in total. The molecule has 1 saturated heterocycles. The smallest absolute Gasteiger partial charge is 0.416 e. The Morgan fingerprint density at radius 1 is 1.09 bits per heavy atom. The van der Waals surface area contributed by atoms with Crippen LogP contribution in [0, 0.1) is 24.0 Å². The largest absolute Gasteiger partial charge is 0.495 e. The molecule has 0 radical (unpaired) electrons. The summed E-state index contributed by atoms with van der Waals surface area (Å²) in [6.07, 6.45) is -2.82. The van der Waals surface area contributed by atoms with Crippen molar-refractivity contribution in [3.63, 3.8) is 0 Å². The van der Waals surface area contributed by atoms with Gasteiger partial charge >= 0.3 is 18.2 Å². The van der Waals surface area contributed by atoms with Gasteiger partial charge in [-0.05, 0) is 85.6 Å². The zero-order valence-electron chi connectivity index (χ0n) is 26.9. The van der Waals surface area contributed by atoms with Crippen molar-refractivity contribution in [1.82, 2.24) is 9.88 Å². The third-order valence-corrected chi connectivity index (χ3v) is 8.86. The number of hydrogen-bond acceptors (Lipinski definition) is 6. The summed E-state index contributed by atoms with van der Waals surface area (Å²) in [5, 5.41) is 0. The molecule has 2 aliphatic rings. The maximum atomic E-state index is 15.2. The Morgan fingerprint density at radius 3 is 2.47 bits per heavy atom. The quantitative estimate of drug-likeness (QED) is 0.187. The summed E-state index contributed by atoms with van der Waals surface area (Å²) in [7, 11) is 2.52. The van der Waals surface area contributed by atoms with Gasteiger partial charge in [0.15, 0.2) is 11.6 Å². The van der Waals surface area contributed by atoms with Crippen molar-refractivity contribution >= 4 is 17.6 Å². The maximum absolute atomic E-state index is 15.2. The van der Waals surface area contributed by atoms with Crippen LogP contribution in [0.2, 0.25) is 0 Å². The average Bonchev–Trinajstić information content (AvgIpc) is 3.29. The van der Waals surface area contributed by atoms with Crippen LogP contribution in [0.4, 0.5) is 26.7 Å². The molecule has 1 fully saturated rings. The van der Waals surface area contributed by atoms with E-state index in [-0.39, 0.29) is 28.8 Å². The molecular formula is C35H35F5N2O5. The lowest BCUT2D eigenvalue weighted by Gasteiger charge is -2.36. The summed E-state index contributed by atoms with van der Waals surface area (Å²) in [6, 6.07) is 7.02. The van der Waals surface area contributed by atoms with Gasteiger partial charge in [-0.3, -0.25) is 9.88 Å². The molecule has 0 spiro atoms. The number of aromatic nitrogens is 1.